The Morgan fingerprint density at radius 1 is 1.17 bits per heavy atom. The summed E-state index contributed by atoms with van der Waals surface area (Å²) in [5.41, 5.74) is 4.44. The van der Waals surface area contributed by atoms with Crippen LogP contribution in [0.2, 0.25) is 0 Å². The van der Waals surface area contributed by atoms with Crippen molar-refractivity contribution in [2.75, 3.05) is 27.3 Å². The van der Waals surface area contributed by atoms with Crippen LogP contribution in [0, 0.1) is 13.5 Å². The first kappa shape index (κ1) is 23.5. The van der Waals surface area contributed by atoms with Crippen LogP contribution in [0.3, 0.4) is 0 Å². The first-order valence-corrected chi connectivity index (χ1v) is 11.6. The Labute approximate surface area is 208 Å². The van der Waals surface area contributed by atoms with Crippen molar-refractivity contribution in [1.29, 1.82) is 0 Å². The third-order valence-corrected chi connectivity index (χ3v) is 6.06. The number of ether oxygens (including phenoxy) is 2. The van der Waals surface area contributed by atoms with Crippen LogP contribution in [0.25, 0.3) is 38.7 Å². The van der Waals surface area contributed by atoms with E-state index in [2.05, 4.69) is 19.8 Å². The molecular formula is C27H25N5O4. The van der Waals surface area contributed by atoms with Gasteiger partial charge >= 0.3 is 5.82 Å². The van der Waals surface area contributed by atoms with E-state index < -0.39 is 0 Å². The Balaban J connectivity index is 1.49. The number of pyridine rings is 3. The van der Waals surface area contributed by atoms with Gasteiger partial charge in [0.05, 0.1) is 24.3 Å². The summed E-state index contributed by atoms with van der Waals surface area (Å²) in [5.74, 6) is 1.10. The molecule has 36 heavy (non-hydrogen) atoms. The molecule has 0 spiro atoms. The predicted octanol–water partition coefficient (Wildman–Crippen LogP) is 5.07. The zero-order valence-electron chi connectivity index (χ0n) is 20.3. The largest absolute Gasteiger partial charge is 0.499 e. The molecule has 0 aliphatic carbocycles. The topological polar surface area (TPSA) is 94.9 Å². The number of carbonyl (C=O) groups excluding carboxylic acids is 1. The van der Waals surface area contributed by atoms with Crippen LogP contribution in [0.1, 0.15) is 28.8 Å². The van der Waals surface area contributed by atoms with E-state index >= 15 is 0 Å². The number of furan rings is 1. The van der Waals surface area contributed by atoms with Gasteiger partial charge in [0, 0.05) is 45.4 Å². The molecule has 0 N–H and O–H groups in total. The van der Waals surface area contributed by atoms with Crippen LogP contribution in [0.15, 0.2) is 47.1 Å². The molecule has 5 heterocycles. The van der Waals surface area contributed by atoms with Crippen molar-refractivity contribution >= 4 is 22.8 Å². The number of aromatic nitrogens is 3. The molecule has 9 nitrogen and oxygen atoms in total. The molecule has 9 heteroatoms. The highest BCUT2D eigenvalue weighted by Crippen LogP contribution is 2.36. The lowest BCUT2D eigenvalue weighted by molar-refractivity contribution is 0.0258. The molecule has 1 aliphatic rings. The lowest BCUT2D eigenvalue weighted by atomic mass is 10.1. The van der Waals surface area contributed by atoms with Gasteiger partial charge in [0.15, 0.2) is 17.0 Å². The summed E-state index contributed by atoms with van der Waals surface area (Å²) >= 11 is 0. The number of hydrogen-bond donors (Lipinski definition) is 0. The van der Waals surface area contributed by atoms with Crippen molar-refractivity contribution in [3.8, 4) is 28.5 Å². The molecule has 0 bridgehead atoms. The summed E-state index contributed by atoms with van der Waals surface area (Å²) in [6.07, 6.45) is 4.82. The van der Waals surface area contributed by atoms with E-state index in [1.54, 1.807) is 38.6 Å². The summed E-state index contributed by atoms with van der Waals surface area (Å²) in [4.78, 5) is 30.9. The van der Waals surface area contributed by atoms with Crippen molar-refractivity contribution in [3.05, 3.63) is 65.3 Å². The van der Waals surface area contributed by atoms with Crippen molar-refractivity contribution in [2.24, 2.45) is 0 Å². The van der Waals surface area contributed by atoms with Crippen molar-refractivity contribution in [1.82, 2.24) is 19.9 Å². The van der Waals surface area contributed by atoms with E-state index in [9.17, 15) is 4.79 Å². The van der Waals surface area contributed by atoms with Gasteiger partial charge in [-0.3, -0.25) is 14.8 Å². The Hall–Kier alpha value is -4.29. The molecule has 5 rings (SSSR count). The van der Waals surface area contributed by atoms with Gasteiger partial charge in [0.1, 0.15) is 23.1 Å². The summed E-state index contributed by atoms with van der Waals surface area (Å²) in [6, 6.07) is 9.04. The Kier molecular flexibility index (Phi) is 6.36. The maximum Gasteiger partial charge on any atom is 0.312 e. The van der Waals surface area contributed by atoms with Crippen molar-refractivity contribution in [3.63, 3.8) is 0 Å². The first-order valence-electron chi connectivity index (χ1n) is 11.6. The quantitative estimate of drug-likeness (QED) is 0.366. The highest BCUT2D eigenvalue weighted by Gasteiger charge is 2.21. The lowest BCUT2D eigenvalue weighted by Crippen LogP contribution is -2.25. The lowest BCUT2D eigenvalue weighted by Gasteiger charge is -2.23. The highest BCUT2D eigenvalue weighted by molar-refractivity contribution is 5.95. The zero-order valence-corrected chi connectivity index (χ0v) is 20.3. The summed E-state index contributed by atoms with van der Waals surface area (Å²) in [6.45, 7) is 10.8. The molecule has 4 aromatic heterocycles. The molecule has 0 aromatic carbocycles. The number of amides is 1. The van der Waals surface area contributed by atoms with Gasteiger partial charge in [-0.25, -0.2) is 0 Å². The minimum Gasteiger partial charge on any atom is -0.499 e. The summed E-state index contributed by atoms with van der Waals surface area (Å²) < 4.78 is 17.6. The average Bonchev–Trinajstić information content (AvgIpc) is 3.33. The van der Waals surface area contributed by atoms with E-state index in [0.717, 1.165) is 18.4 Å². The van der Waals surface area contributed by atoms with Crippen LogP contribution in [0.5, 0.6) is 5.75 Å². The first-order chi connectivity index (χ1) is 17.4. The Bertz CT molecular complexity index is 1480. The number of rotatable bonds is 5. The van der Waals surface area contributed by atoms with Crippen LogP contribution >= 0.6 is 0 Å². The minimum atomic E-state index is -0.114. The van der Waals surface area contributed by atoms with E-state index in [1.807, 2.05) is 25.1 Å². The third-order valence-electron chi connectivity index (χ3n) is 6.06. The smallest absolute Gasteiger partial charge is 0.312 e. The van der Waals surface area contributed by atoms with Crippen molar-refractivity contribution in [2.45, 2.75) is 25.9 Å². The van der Waals surface area contributed by atoms with Gasteiger partial charge in [0.25, 0.3) is 5.91 Å². The van der Waals surface area contributed by atoms with Gasteiger partial charge < -0.3 is 23.6 Å². The SMILES string of the molecule is [C-]#[N+]c1nc(-c2ccnc3cc(-c4ncc(C(=O)N(C)C)cc4C)oc23)ccc1OC1CCOCC1. The minimum absolute atomic E-state index is 0.0160. The normalized spacial score (nSPS) is 13.9. The van der Waals surface area contributed by atoms with E-state index in [0.29, 0.717) is 58.3 Å². The standard InChI is InChI=1S/C27H25N5O4/c1-16-13-17(27(33)32(3)4)15-30-24(16)23-14-21-25(36-23)19(7-10-29-21)20-5-6-22(26(28-2)31-20)35-18-8-11-34-12-9-18/h5-7,10,13-15,18H,8-9,11-12H2,1,3-4H3. The summed E-state index contributed by atoms with van der Waals surface area (Å²) in [5, 5.41) is 0. The molecule has 0 unspecified atom stereocenters. The highest BCUT2D eigenvalue weighted by atomic mass is 16.5. The summed E-state index contributed by atoms with van der Waals surface area (Å²) in [7, 11) is 3.41. The maximum atomic E-state index is 12.3. The molecule has 1 aliphatic heterocycles. The second kappa shape index (κ2) is 9.76. The fourth-order valence-electron chi connectivity index (χ4n) is 4.20. The molecule has 1 saturated heterocycles. The number of hydrogen-bond acceptors (Lipinski definition) is 7. The molecule has 1 fully saturated rings. The van der Waals surface area contributed by atoms with Crippen LogP contribution < -0.4 is 4.74 Å². The molecular weight excluding hydrogens is 458 g/mol. The molecule has 0 radical (unpaired) electrons. The van der Waals surface area contributed by atoms with Crippen molar-refractivity contribution < 1.29 is 18.7 Å². The van der Waals surface area contributed by atoms with Gasteiger partial charge in [-0.15, -0.1) is 4.98 Å². The number of carbonyl (C=O) groups is 1. The second-order valence-electron chi connectivity index (χ2n) is 8.83. The van der Waals surface area contributed by atoms with Gasteiger partial charge in [0.2, 0.25) is 0 Å². The second-order valence-corrected chi connectivity index (χ2v) is 8.83. The molecule has 0 saturated carbocycles. The number of fused-ring (bicyclic) bond motifs is 1. The maximum absolute atomic E-state index is 12.3. The number of nitrogens with zero attached hydrogens (tertiary/aromatic N) is 5. The number of aryl methyl sites for hydroxylation is 1. The van der Waals surface area contributed by atoms with E-state index in [4.69, 9.17) is 20.5 Å². The van der Waals surface area contributed by atoms with Gasteiger partial charge in [-0.2, -0.15) is 0 Å². The predicted molar refractivity (Wildman–Crippen MR) is 134 cm³/mol. The molecule has 182 valence electrons. The monoisotopic (exact) mass is 483 g/mol. The van der Waals surface area contributed by atoms with Gasteiger partial charge in [-0.05, 0) is 36.8 Å². The van der Waals surface area contributed by atoms with E-state index in [-0.39, 0.29) is 17.8 Å². The van der Waals surface area contributed by atoms with E-state index in [1.165, 1.54) is 4.90 Å². The fraction of sp³-hybridized carbons (Fsp3) is 0.296. The third kappa shape index (κ3) is 4.51. The van der Waals surface area contributed by atoms with Crippen LogP contribution in [0.4, 0.5) is 5.82 Å². The molecule has 0 atom stereocenters. The average molecular weight is 484 g/mol. The Morgan fingerprint density at radius 2 is 1.97 bits per heavy atom. The molecule has 4 aromatic rings. The fourth-order valence-corrected chi connectivity index (χ4v) is 4.20. The zero-order chi connectivity index (χ0) is 25.2. The van der Waals surface area contributed by atoms with Crippen LogP contribution in [-0.2, 0) is 4.74 Å². The van der Waals surface area contributed by atoms with Crippen LogP contribution in [-0.4, -0.2) is 59.2 Å². The Morgan fingerprint density at radius 3 is 2.69 bits per heavy atom. The van der Waals surface area contributed by atoms with Gasteiger partial charge in [-0.1, -0.05) is 6.57 Å². The molecule has 1 amide bonds.